The van der Waals surface area contributed by atoms with Crippen LogP contribution in [0.25, 0.3) is 0 Å². The number of ketones is 1. The molecule has 190 valence electrons. The molecule has 0 spiro atoms. The molecule has 2 N–H and O–H groups in total. The number of ether oxygens (including phenoxy) is 1. The molecule has 3 heterocycles. The summed E-state index contributed by atoms with van der Waals surface area (Å²) in [7, 11) is 0. The molecule has 37 heavy (non-hydrogen) atoms. The monoisotopic (exact) mass is 512 g/mol. The number of thiophene rings is 1. The number of rotatable bonds is 3. The summed E-state index contributed by atoms with van der Waals surface area (Å²) >= 11 is 1.77. The molecule has 4 aliphatic rings. The number of fused-ring (bicyclic) bond motifs is 6. The Labute approximate surface area is 222 Å². The first kappa shape index (κ1) is 24.0. The van der Waals surface area contributed by atoms with Crippen LogP contribution in [0.4, 0.5) is 5.00 Å². The molecule has 0 radical (unpaired) electrons. The van der Waals surface area contributed by atoms with Crippen LogP contribution in [0.5, 0.6) is 5.75 Å². The van der Waals surface area contributed by atoms with Crippen molar-refractivity contribution in [3.05, 3.63) is 68.5 Å². The van der Waals surface area contributed by atoms with Gasteiger partial charge in [0.15, 0.2) is 11.6 Å². The molecule has 0 saturated carbocycles. The molecule has 0 saturated heterocycles. The lowest BCUT2D eigenvalue weighted by Gasteiger charge is -2.44. The molecule has 6 nitrogen and oxygen atoms in total. The molecule has 1 aromatic heterocycles. The van der Waals surface area contributed by atoms with E-state index in [0.717, 1.165) is 58.8 Å². The van der Waals surface area contributed by atoms with Gasteiger partial charge in [-0.1, -0.05) is 32.4 Å². The maximum absolute atomic E-state index is 13.9. The lowest BCUT2D eigenvalue weighted by Crippen LogP contribution is -2.41. The minimum Gasteiger partial charge on any atom is -0.494 e. The standard InChI is InChI=1S/C30H32N4O2S/c1-4-36-18-12-10-17(11-13-18)24-20(16-31)28-33-27(32)25-19-8-6-5-7-9-23(19)37-29(25)34(28)21-14-30(2,3)15-22(35)26(21)24/h10-13,24H,4-9,14-15H2,1-3H3,(H2,32,33)/t24-/m1/s1. The fourth-order valence-corrected chi connectivity index (χ4v) is 7.80. The number of amidine groups is 1. The number of nitrogens with two attached hydrogens (primary N) is 1. The van der Waals surface area contributed by atoms with Crippen LogP contribution < -0.4 is 15.4 Å². The Bertz CT molecular complexity index is 1430. The van der Waals surface area contributed by atoms with Crippen molar-refractivity contribution < 1.29 is 9.53 Å². The first-order valence-electron chi connectivity index (χ1n) is 13.3. The molecule has 1 atom stereocenters. The molecular formula is C30H32N4O2S. The van der Waals surface area contributed by atoms with Crippen LogP contribution in [0.2, 0.25) is 0 Å². The average Bonchev–Trinajstić information content (AvgIpc) is 3.06. The van der Waals surface area contributed by atoms with Crippen molar-refractivity contribution in [3.63, 3.8) is 0 Å². The third-order valence-corrected chi connectivity index (χ3v) is 9.21. The summed E-state index contributed by atoms with van der Waals surface area (Å²) in [6.45, 7) is 6.83. The van der Waals surface area contributed by atoms with Crippen LogP contribution in [0.3, 0.4) is 0 Å². The van der Waals surface area contributed by atoms with E-state index >= 15 is 0 Å². The predicted octanol–water partition coefficient (Wildman–Crippen LogP) is 6.12. The molecule has 6 rings (SSSR count). The zero-order valence-corrected chi connectivity index (χ0v) is 22.5. The Morgan fingerprint density at radius 3 is 2.68 bits per heavy atom. The minimum absolute atomic E-state index is 0.110. The zero-order chi connectivity index (χ0) is 25.9. The van der Waals surface area contributed by atoms with Crippen molar-refractivity contribution in [1.82, 2.24) is 0 Å². The van der Waals surface area contributed by atoms with Crippen LogP contribution >= 0.6 is 11.3 Å². The summed E-state index contributed by atoms with van der Waals surface area (Å²) in [6, 6.07) is 10.2. The third-order valence-electron chi connectivity index (χ3n) is 7.93. The van der Waals surface area contributed by atoms with Crippen molar-refractivity contribution >= 4 is 28.0 Å². The lowest BCUT2D eigenvalue weighted by molar-refractivity contribution is -0.118. The number of carbonyl (C=O) groups excluding carboxylic acids is 1. The summed E-state index contributed by atoms with van der Waals surface area (Å²) < 4.78 is 5.64. The molecule has 0 unspecified atom stereocenters. The van der Waals surface area contributed by atoms with Crippen molar-refractivity contribution in [2.24, 2.45) is 16.1 Å². The SMILES string of the molecule is CCOc1ccc([C@@H]2C(C#N)=C3N=C(N)c4c(sc5c4CCCCC5)N3C3=C2C(=O)CC(C)(C)C3)cc1. The van der Waals surface area contributed by atoms with Gasteiger partial charge < -0.3 is 10.5 Å². The van der Waals surface area contributed by atoms with Crippen molar-refractivity contribution in [2.45, 2.75) is 71.6 Å². The van der Waals surface area contributed by atoms with Crippen molar-refractivity contribution in [2.75, 3.05) is 11.5 Å². The smallest absolute Gasteiger partial charge is 0.162 e. The highest BCUT2D eigenvalue weighted by atomic mass is 32.1. The van der Waals surface area contributed by atoms with Gasteiger partial charge in [0, 0.05) is 22.6 Å². The lowest BCUT2D eigenvalue weighted by atomic mass is 9.68. The topological polar surface area (TPSA) is 91.7 Å². The van der Waals surface area contributed by atoms with Gasteiger partial charge in [-0.05, 0) is 67.7 Å². The number of anilines is 1. The first-order chi connectivity index (χ1) is 17.8. The van der Waals surface area contributed by atoms with Crippen LogP contribution in [0, 0.1) is 16.7 Å². The molecule has 0 amide bonds. The highest BCUT2D eigenvalue weighted by Crippen LogP contribution is 2.55. The fraction of sp³-hybridized carbons (Fsp3) is 0.433. The Morgan fingerprint density at radius 1 is 1.19 bits per heavy atom. The maximum Gasteiger partial charge on any atom is 0.162 e. The number of allylic oxidation sites excluding steroid dienone is 3. The number of hydrogen-bond acceptors (Lipinski definition) is 7. The molecule has 0 bridgehead atoms. The Kier molecular flexibility index (Phi) is 5.76. The second-order valence-corrected chi connectivity index (χ2v) is 12.2. The summed E-state index contributed by atoms with van der Waals surface area (Å²) in [5, 5.41) is 11.5. The van der Waals surface area contributed by atoms with E-state index in [1.807, 2.05) is 31.2 Å². The Morgan fingerprint density at radius 2 is 1.95 bits per heavy atom. The van der Waals surface area contributed by atoms with E-state index < -0.39 is 5.92 Å². The highest BCUT2D eigenvalue weighted by Gasteiger charge is 2.47. The van der Waals surface area contributed by atoms with Crippen LogP contribution in [0.1, 0.15) is 80.4 Å². The summed E-state index contributed by atoms with van der Waals surface area (Å²) in [6.07, 6.45) is 6.79. The average molecular weight is 513 g/mol. The number of aliphatic imine (C=N–C) groups is 1. The molecule has 7 heteroatoms. The Balaban J connectivity index is 1.60. The fourth-order valence-electron chi connectivity index (χ4n) is 6.37. The number of hydrogen-bond donors (Lipinski definition) is 1. The summed E-state index contributed by atoms with van der Waals surface area (Å²) in [5.41, 5.74) is 11.9. The molecule has 0 fully saturated rings. The van der Waals surface area contributed by atoms with Crippen LogP contribution in [-0.2, 0) is 17.6 Å². The van der Waals surface area contributed by atoms with Crippen molar-refractivity contribution in [3.8, 4) is 11.8 Å². The van der Waals surface area contributed by atoms with Gasteiger partial charge >= 0.3 is 0 Å². The molecule has 1 aromatic carbocycles. The van der Waals surface area contributed by atoms with E-state index in [4.69, 9.17) is 15.5 Å². The van der Waals surface area contributed by atoms with Gasteiger partial charge in [-0.3, -0.25) is 9.69 Å². The molecule has 2 aliphatic heterocycles. The zero-order valence-electron chi connectivity index (χ0n) is 21.7. The van der Waals surface area contributed by atoms with Crippen LogP contribution in [-0.4, -0.2) is 18.2 Å². The van der Waals surface area contributed by atoms with Gasteiger partial charge in [0.1, 0.15) is 16.6 Å². The number of benzene rings is 1. The number of nitriles is 1. The van der Waals surface area contributed by atoms with Gasteiger partial charge in [0.25, 0.3) is 0 Å². The van der Waals surface area contributed by atoms with E-state index in [1.54, 1.807) is 11.3 Å². The molecular weight excluding hydrogens is 480 g/mol. The van der Waals surface area contributed by atoms with E-state index in [9.17, 15) is 10.1 Å². The van der Waals surface area contributed by atoms with E-state index in [2.05, 4.69) is 24.8 Å². The minimum atomic E-state index is -0.471. The predicted molar refractivity (Wildman–Crippen MR) is 147 cm³/mol. The number of Topliss-reactive ketones (excluding diaryl/α,β-unsaturated/α-hetero) is 1. The maximum atomic E-state index is 13.9. The normalized spacial score (nSPS) is 22.3. The number of nitrogens with zero attached hydrogens (tertiary/aromatic N) is 3. The van der Waals surface area contributed by atoms with E-state index in [0.29, 0.717) is 30.3 Å². The van der Waals surface area contributed by atoms with Gasteiger partial charge in [0.05, 0.1) is 29.7 Å². The van der Waals surface area contributed by atoms with Crippen molar-refractivity contribution in [1.29, 1.82) is 5.26 Å². The van der Waals surface area contributed by atoms with Crippen LogP contribution in [0.15, 0.2) is 51.9 Å². The van der Waals surface area contributed by atoms with Gasteiger partial charge in [-0.25, -0.2) is 4.99 Å². The van der Waals surface area contributed by atoms with E-state index in [1.165, 1.54) is 23.3 Å². The second-order valence-electron chi connectivity index (χ2n) is 11.2. The highest BCUT2D eigenvalue weighted by molar-refractivity contribution is 7.17. The second kappa shape index (κ2) is 8.88. The van der Waals surface area contributed by atoms with Gasteiger partial charge in [0.2, 0.25) is 0 Å². The largest absolute Gasteiger partial charge is 0.494 e. The third kappa shape index (κ3) is 3.81. The van der Waals surface area contributed by atoms with Gasteiger partial charge in [-0.15, -0.1) is 11.3 Å². The molecule has 2 aliphatic carbocycles. The number of carbonyl (C=O) groups is 1. The number of aryl methyl sites for hydroxylation is 1. The Hall–Kier alpha value is -3.37. The summed E-state index contributed by atoms with van der Waals surface area (Å²) in [4.78, 5) is 22.3. The van der Waals surface area contributed by atoms with E-state index in [-0.39, 0.29) is 11.2 Å². The quantitative estimate of drug-likeness (QED) is 0.501. The first-order valence-corrected chi connectivity index (χ1v) is 14.1. The summed E-state index contributed by atoms with van der Waals surface area (Å²) in [5.74, 6) is 1.47. The van der Waals surface area contributed by atoms with Gasteiger partial charge in [-0.2, -0.15) is 5.26 Å². The molecule has 2 aromatic rings.